The Morgan fingerprint density at radius 2 is 1.95 bits per heavy atom. The van der Waals surface area contributed by atoms with Crippen molar-refractivity contribution in [2.75, 3.05) is 24.7 Å². The van der Waals surface area contributed by atoms with Crippen LogP contribution in [0.25, 0.3) is 0 Å². The van der Waals surface area contributed by atoms with E-state index < -0.39 is 15.8 Å². The van der Waals surface area contributed by atoms with Crippen molar-refractivity contribution in [2.24, 2.45) is 0 Å². The molecule has 1 aromatic carbocycles. The topological polar surface area (TPSA) is 89.9 Å². The summed E-state index contributed by atoms with van der Waals surface area (Å²) in [7, 11) is -3.12. The van der Waals surface area contributed by atoms with Gasteiger partial charge < -0.3 is 14.6 Å². The molecule has 118 valence electrons. The van der Waals surface area contributed by atoms with E-state index in [1.54, 1.807) is 13.8 Å². The number of sulfone groups is 1. The Balaban J connectivity index is 2.97. The zero-order chi connectivity index (χ0) is 16.0. The van der Waals surface area contributed by atoms with E-state index in [-0.39, 0.29) is 29.4 Å². The van der Waals surface area contributed by atoms with Crippen LogP contribution >= 0.6 is 15.9 Å². The Hall–Kier alpha value is -1.28. The van der Waals surface area contributed by atoms with E-state index in [4.69, 9.17) is 14.6 Å². The lowest BCUT2D eigenvalue weighted by Gasteiger charge is -2.14. The average molecular weight is 381 g/mol. The van der Waals surface area contributed by atoms with Crippen molar-refractivity contribution >= 4 is 31.7 Å². The van der Waals surface area contributed by atoms with Crippen LogP contribution < -0.4 is 9.47 Å². The third-order valence-corrected chi connectivity index (χ3v) is 4.89. The van der Waals surface area contributed by atoms with E-state index in [0.717, 1.165) is 0 Å². The van der Waals surface area contributed by atoms with Gasteiger partial charge in [0, 0.05) is 5.75 Å². The van der Waals surface area contributed by atoms with Crippen LogP contribution in [0.1, 0.15) is 24.2 Å². The summed E-state index contributed by atoms with van der Waals surface area (Å²) >= 11 is 3.22. The Morgan fingerprint density at radius 3 is 2.48 bits per heavy atom. The molecule has 0 unspecified atom stereocenters. The van der Waals surface area contributed by atoms with Crippen molar-refractivity contribution in [3.63, 3.8) is 0 Å². The Morgan fingerprint density at radius 1 is 1.29 bits per heavy atom. The molecule has 6 nitrogen and oxygen atoms in total. The molecule has 0 saturated carbocycles. The van der Waals surface area contributed by atoms with Crippen molar-refractivity contribution in [1.82, 2.24) is 0 Å². The third-order valence-electron chi connectivity index (χ3n) is 2.64. The molecule has 0 radical (unpaired) electrons. The zero-order valence-corrected chi connectivity index (χ0v) is 14.2. The Labute approximate surface area is 132 Å². The summed E-state index contributed by atoms with van der Waals surface area (Å²) in [5.74, 6) is -0.584. The predicted molar refractivity (Wildman–Crippen MR) is 82.1 cm³/mol. The number of halogens is 1. The smallest absolute Gasteiger partial charge is 0.335 e. The highest BCUT2D eigenvalue weighted by molar-refractivity contribution is 9.10. The summed E-state index contributed by atoms with van der Waals surface area (Å²) in [6.07, 6.45) is 0. The number of carbonyl (C=O) groups is 1. The maximum atomic E-state index is 11.4. The first-order valence-corrected chi connectivity index (χ1v) is 8.95. The van der Waals surface area contributed by atoms with E-state index in [0.29, 0.717) is 16.8 Å². The summed E-state index contributed by atoms with van der Waals surface area (Å²) in [6.45, 7) is 3.63. The van der Waals surface area contributed by atoms with Crippen molar-refractivity contribution in [3.8, 4) is 11.5 Å². The molecule has 0 aliphatic heterocycles. The number of aromatic carboxylic acids is 1. The fourth-order valence-corrected chi connectivity index (χ4v) is 2.69. The summed E-state index contributed by atoms with van der Waals surface area (Å²) < 4.78 is 34.1. The second-order valence-corrected chi connectivity index (χ2v) is 7.44. The van der Waals surface area contributed by atoms with Gasteiger partial charge >= 0.3 is 5.97 Å². The summed E-state index contributed by atoms with van der Waals surface area (Å²) in [5.41, 5.74) is 0.0545. The minimum Gasteiger partial charge on any atom is -0.490 e. The van der Waals surface area contributed by atoms with Crippen LogP contribution in [0.2, 0.25) is 0 Å². The SMILES string of the molecule is CCOc1cc(C(=O)O)cc(Br)c1OCCS(=O)(=O)CC. The number of hydrogen-bond donors (Lipinski definition) is 1. The lowest BCUT2D eigenvalue weighted by molar-refractivity contribution is 0.0696. The number of hydrogen-bond acceptors (Lipinski definition) is 5. The fourth-order valence-electron chi connectivity index (χ4n) is 1.51. The molecule has 21 heavy (non-hydrogen) atoms. The summed E-state index contributed by atoms with van der Waals surface area (Å²) in [6, 6.07) is 2.73. The van der Waals surface area contributed by atoms with Gasteiger partial charge in [-0.15, -0.1) is 0 Å². The fraction of sp³-hybridized carbons (Fsp3) is 0.462. The van der Waals surface area contributed by atoms with Crippen molar-refractivity contribution < 1.29 is 27.8 Å². The van der Waals surface area contributed by atoms with Gasteiger partial charge in [-0.1, -0.05) is 6.92 Å². The van der Waals surface area contributed by atoms with Crippen molar-refractivity contribution in [1.29, 1.82) is 0 Å². The quantitative estimate of drug-likeness (QED) is 0.744. The van der Waals surface area contributed by atoms with Gasteiger partial charge in [0.1, 0.15) is 6.61 Å². The van der Waals surface area contributed by atoms with E-state index in [2.05, 4.69) is 15.9 Å². The molecule has 0 atom stereocenters. The van der Waals surface area contributed by atoms with Crippen LogP contribution in [0, 0.1) is 0 Å². The molecule has 0 amide bonds. The molecule has 1 aromatic rings. The summed E-state index contributed by atoms with van der Waals surface area (Å²) in [4.78, 5) is 11.0. The second kappa shape index (κ2) is 7.65. The standard InChI is InChI=1S/C13H17BrO6S/c1-3-19-11-8-9(13(15)16)7-10(14)12(11)20-5-6-21(17,18)4-2/h7-8H,3-6H2,1-2H3,(H,15,16). The largest absolute Gasteiger partial charge is 0.490 e. The summed E-state index contributed by atoms with van der Waals surface area (Å²) in [5, 5.41) is 9.01. The molecule has 0 spiro atoms. The van der Waals surface area contributed by atoms with Crippen LogP contribution in [0.15, 0.2) is 16.6 Å². The Kier molecular flexibility index (Phi) is 6.47. The molecule has 0 aliphatic rings. The average Bonchev–Trinajstić information content (AvgIpc) is 2.41. The van der Waals surface area contributed by atoms with E-state index >= 15 is 0 Å². The number of rotatable bonds is 8. The van der Waals surface area contributed by atoms with Crippen LogP contribution in [-0.4, -0.2) is 44.2 Å². The van der Waals surface area contributed by atoms with Gasteiger partial charge in [0.25, 0.3) is 0 Å². The van der Waals surface area contributed by atoms with Gasteiger partial charge in [0.05, 0.1) is 22.4 Å². The van der Waals surface area contributed by atoms with Crippen LogP contribution in [0.4, 0.5) is 0 Å². The second-order valence-electron chi connectivity index (χ2n) is 4.11. The van der Waals surface area contributed by atoms with Crippen LogP contribution in [0.3, 0.4) is 0 Å². The first kappa shape index (κ1) is 17.8. The minimum absolute atomic E-state index is 0.0265. The molecule has 0 aromatic heterocycles. The van der Waals surface area contributed by atoms with Gasteiger partial charge in [-0.2, -0.15) is 0 Å². The van der Waals surface area contributed by atoms with Crippen molar-refractivity contribution in [3.05, 3.63) is 22.2 Å². The first-order valence-electron chi connectivity index (χ1n) is 6.33. The Bertz CT molecular complexity index is 611. The highest BCUT2D eigenvalue weighted by atomic mass is 79.9. The number of carboxylic acids is 1. The van der Waals surface area contributed by atoms with Gasteiger partial charge in [-0.3, -0.25) is 0 Å². The highest BCUT2D eigenvalue weighted by Crippen LogP contribution is 2.37. The lowest BCUT2D eigenvalue weighted by Crippen LogP contribution is -2.16. The van der Waals surface area contributed by atoms with Gasteiger partial charge in [0.2, 0.25) is 0 Å². The molecule has 0 fully saturated rings. The molecule has 0 aliphatic carbocycles. The molecule has 8 heteroatoms. The predicted octanol–water partition coefficient (Wildman–Crippen LogP) is 2.36. The molecule has 1 N–H and O–H groups in total. The lowest BCUT2D eigenvalue weighted by atomic mass is 10.2. The van der Waals surface area contributed by atoms with Gasteiger partial charge in [-0.25, -0.2) is 13.2 Å². The van der Waals surface area contributed by atoms with Crippen LogP contribution in [0.5, 0.6) is 11.5 Å². The molecule has 1 rings (SSSR count). The number of benzene rings is 1. The normalized spacial score (nSPS) is 11.2. The molecule has 0 saturated heterocycles. The molecule has 0 bridgehead atoms. The first-order chi connectivity index (χ1) is 9.80. The monoisotopic (exact) mass is 380 g/mol. The van der Waals surface area contributed by atoms with E-state index in [1.165, 1.54) is 12.1 Å². The van der Waals surface area contributed by atoms with Crippen molar-refractivity contribution in [2.45, 2.75) is 13.8 Å². The van der Waals surface area contributed by atoms with Crippen LogP contribution in [-0.2, 0) is 9.84 Å². The van der Waals surface area contributed by atoms with E-state index in [9.17, 15) is 13.2 Å². The maximum Gasteiger partial charge on any atom is 0.335 e. The third kappa shape index (κ3) is 5.20. The zero-order valence-electron chi connectivity index (χ0n) is 11.8. The molecule has 0 heterocycles. The number of carboxylic acid groups (broad SMARTS) is 1. The molecular weight excluding hydrogens is 364 g/mol. The molecular formula is C13H17BrO6S. The number of ether oxygens (including phenoxy) is 2. The highest BCUT2D eigenvalue weighted by Gasteiger charge is 2.16. The minimum atomic E-state index is -3.12. The maximum absolute atomic E-state index is 11.4. The van der Waals surface area contributed by atoms with Gasteiger partial charge in [0.15, 0.2) is 21.3 Å². The van der Waals surface area contributed by atoms with E-state index in [1.807, 2.05) is 0 Å². The van der Waals surface area contributed by atoms with Gasteiger partial charge in [-0.05, 0) is 35.0 Å².